The molecule has 0 saturated heterocycles. The van der Waals surface area contributed by atoms with Crippen LogP contribution >= 0.6 is 0 Å². The molecule has 1 aromatic heterocycles. The molecule has 0 aromatic carbocycles. The van der Waals surface area contributed by atoms with E-state index in [0.29, 0.717) is 5.92 Å². The van der Waals surface area contributed by atoms with Gasteiger partial charge in [-0.25, -0.2) is 13.4 Å². The molecule has 1 aromatic rings. The van der Waals surface area contributed by atoms with Crippen molar-refractivity contribution in [2.45, 2.75) is 19.4 Å². The van der Waals surface area contributed by atoms with Gasteiger partial charge in [-0.15, -0.1) is 0 Å². The number of aromatic nitrogens is 2. The van der Waals surface area contributed by atoms with Crippen LogP contribution in [-0.4, -0.2) is 22.5 Å². The number of hydrogen-bond donors (Lipinski definition) is 1. The molecule has 0 aliphatic heterocycles. The van der Waals surface area contributed by atoms with E-state index in [1.807, 2.05) is 4.72 Å². The van der Waals surface area contributed by atoms with E-state index in [2.05, 4.69) is 4.98 Å². The van der Waals surface area contributed by atoms with Gasteiger partial charge < -0.3 is 9.12 Å². The maximum absolute atomic E-state index is 10.4. The van der Waals surface area contributed by atoms with Crippen LogP contribution in [0.25, 0.3) is 0 Å². The molecule has 1 heterocycles. The van der Waals surface area contributed by atoms with Gasteiger partial charge in [0.2, 0.25) is 0 Å². The Balaban J connectivity index is 0.00000112. The van der Waals surface area contributed by atoms with Crippen LogP contribution in [0.15, 0.2) is 12.5 Å². The molecular formula is C7H10LiN3O3S. The summed E-state index contributed by atoms with van der Waals surface area (Å²) in [5.74, 6) is 0.839. The molecule has 0 atom stereocenters. The fourth-order valence-electron chi connectivity index (χ4n) is 1.26. The van der Waals surface area contributed by atoms with Crippen molar-refractivity contribution in [1.29, 1.82) is 0 Å². The number of rotatable bonds is 4. The Bertz CT molecular complexity index is 426. The minimum atomic E-state index is -4.45. The van der Waals surface area contributed by atoms with Crippen molar-refractivity contribution < 1.29 is 31.8 Å². The molecule has 0 bridgehead atoms. The third-order valence-corrected chi connectivity index (χ3v) is 2.55. The van der Waals surface area contributed by atoms with E-state index in [0.717, 1.165) is 19.4 Å². The van der Waals surface area contributed by atoms with Gasteiger partial charge in [-0.2, -0.15) is 0 Å². The Labute approximate surface area is 100 Å². The van der Waals surface area contributed by atoms with E-state index in [-0.39, 0.29) is 24.7 Å². The van der Waals surface area contributed by atoms with Gasteiger partial charge in [0, 0.05) is 6.54 Å². The predicted molar refractivity (Wildman–Crippen MR) is 48.3 cm³/mol. The number of nitrogens with zero attached hydrogens (tertiary/aromatic N) is 2. The molecule has 1 saturated carbocycles. The van der Waals surface area contributed by atoms with E-state index >= 15 is 0 Å². The molecule has 1 aliphatic rings. The molecule has 6 nitrogen and oxygen atoms in total. The summed E-state index contributed by atoms with van der Waals surface area (Å²) in [5.41, 5.74) is 0. The summed E-state index contributed by atoms with van der Waals surface area (Å²) in [5, 5.41) is 0. The van der Waals surface area contributed by atoms with Crippen LogP contribution in [0.5, 0.6) is 0 Å². The largest absolute Gasteiger partial charge is 1.00 e. The summed E-state index contributed by atoms with van der Waals surface area (Å²) >= 11 is 0. The summed E-state index contributed by atoms with van der Waals surface area (Å²) in [4.78, 5) is 3.78. The van der Waals surface area contributed by atoms with Crippen molar-refractivity contribution in [3.05, 3.63) is 12.5 Å². The second kappa shape index (κ2) is 4.57. The van der Waals surface area contributed by atoms with Crippen LogP contribution in [0.1, 0.15) is 12.8 Å². The number of nitrogens with one attached hydrogen (secondary N) is 1. The predicted octanol–water partition coefficient (Wildman–Crippen LogP) is -2.83. The van der Waals surface area contributed by atoms with E-state index in [9.17, 15) is 13.0 Å². The summed E-state index contributed by atoms with van der Waals surface area (Å²) in [6, 6.07) is 0. The molecule has 0 radical (unpaired) electrons. The first-order chi connectivity index (χ1) is 6.54. The van der Waals surface area contributed by atoms with Gasteiger partial charge in [-0.05, 0) is 18.8 Å². The number of anilines is 1. The fourth-order valence-corrected chi connectivity index (χ4v) is 1.68. The molecule has 78 valence electrons. The summed E-state index contributed by atoms with van der Waals surface area (Å²) in [7, 11) is -4.45. The molecule has 0 amide bonds. The Morgan fingerprint density at radius 3 is 2.80 bits per heavy atom. The third-order valence-electron chi connectivity index (χ3n) is 2.09. The van der Waals surface area contributed by atoms with Gasteiger partial charge in [0.1, 0.15) is 5.82 Å². The van der Waals surface area contributed by atoms with Gasteiger partial charge in [-0.1, -0.05) is 0 Å². The van der Waals surface area contributed by atoms with Crippen molar-refractivity contribution in [1.82, 2.24) is 9.55 Å². The van der Waals surface area contributed by atoms with Crippen molar-refractivity contribution in [3.8, 4) is 0 Å². The molecule has 1 aliphatic carbocycles. The van der Waals surface area contributed by atoms with E-state index in [1.54, 1.807) is 4.57 Å². The quantitative estimate of drug-likeness (QED) is 0.440. The topological polar surface area (TPSA) is 87.1 Å². The van der Waals surface area contributed by atoms with Gasteiger partial charge in [-0.3, -0.25) is 4.72 Å². The normalized spacial score (nSPS) is 15.8. The number of imidazole rings is 1. The van der Waals surface area contributed by atoms with Crippen LogP contribution in [0.2, 0.25) is 0 Å². The van der Waals surface area contributed by atoms with Crippen LogP contribution in [0.3, 0.4) is 0 Å². The molecule has 2 rings (SSSR count). The molecule has 0 unspecified atom stereocenters. The monoisotopic (exact) mass is 223 g/mol. The zero-order valence-corrected chi connectivity index (χ0v) is 9.20. The van der Waals surface area contributed by atoms with Gasteiger partial charge >= 0.3 is 18.9 Å². The van der Waals surface area contributed by atoms with Gasteiger partial charge in [0.05, 0.1) is 12.5 Å². The first-order valence-electron chi connectivity index (χ1n) is 4.28. The second-order valence-electron chi connectivity index (χ2n) is 3.43. The van der Waals surface area contributed by atoms with Crippen molar-refractivity contribution in [3.63, 3.8) is 0 Å². The van der Waals surface area contributed by atoms with E-state index in [1.165, 1.54) is 12.5 Å². The number of hydrogen-bond acceptors (Lipinski definition) is 4. The Morgan fingerprint density at radius 2 is 2.27 bits per heavy atom. The smallest absolute Gasteiger partial charge is 0.731 e. The average molecular weight is 223 g/mol. The molecule has 1 N–H and O–H groups in total. The fraction of sp³-hybridized carbons (Fsp3) is 0.571. The maximum atomic E-state index is 10.4. The first-order valence-corrected chi connectivity index (χ1v) is 5.69. The van der Waals surface area contributed by atoms with E-state index in [4.69, 9.17) is 0 Å². The molecule has 15 heavy (non-hydrogen) atoms. The molecule has 0 spiro atoms. The average Bonchev–Trinajstić information content (AvgIpc) is 2.74. The van der Waals surface area contributed by atoms with Crippen LogP contribution in [0, 0.1) is 5.92 Å². The summed E-state index contributed by atoms with van der Waals surface area (Å²) in [6.07, 6.45) is 5.16. The van der Waals surface area contributed by atoms with Gasteiger partial charge in [0.15, 0.2) is 10.3 Å². The zero-order chi connectivity index (χ0) is 10.2. The summed E-state index contributed by atoms with van der Waals surface area (Å²) < 4.78 is 34.9. The SMILES string of the molecule is O=S(=O)([O-])Nc1cncn1CC1CC1.[Li+]. The van der Waals surface area contributed by atoms with Gasteiger partial charge in [0.25, 0.3) is 0 Å². The van der Waals surface area contributed by atoms with Crippen LogP contribution in [-0.2, 0) is 16.8 Å². The zero-order valence-electron chi connectivity index (χ0n) is 8.38. The van der Waals surface area contributed by atoms with Crippen LogP contribution < -0.4 is 23.6 Å². The Morgan fingerprint density at radius 1 is 1.60 bits per heavy atom. The standard InChI is InChI=1S/C7H11N3O3S.Li/c11-14(12,13)9-7-3-8-5-10(7)4-6-1-2-6;/h3,5-6,9H,1-2,4H2,(H,11,12,13);/q;+1/p-1. The van der Waals surface area contributed by atoms with E-state index < -0.39 is 10.3 Å². The maximum Gasteiger partial charge on any atom is 1.00 e. The Hall–Kier alpha value is -0.483. The molecule has 1 fully saturated rings. The van der Waals surface area contributed by atoms with Crippen LogP contribution in [0.4, 0.5) is 5.82 Å². The molecular weight excluding hydrogens is 213 g/mol. The van der Waals surface area contributed by atoms with Crippen molar-refractivity contribution in [2.24, 2.45) is 5.92 Å². The minimum Gasteiger partial charge on any atom is -0.731 e. The van der Waals surface area contributed by atoms with Crippen molar-refractivity contribution in [2.75, 3.05) is 4.72 Å². The second-order valence-corrected chi connectivity index (χ2v) is 4.54. The minimum absolute atomic E-state index is 0. The first kappa shape index (κ1) is 12.6. The summed E-state index contributed by atoms with van der Waals surface area (Å²) in [6.45, 7) is 0.720. The third kappa shape index (κ3) is 3.87. The Kier molecular flexibility index (Phi) is 3.84. The van der Waals surface area contributed by atoms with Crippen molar-refractivity contribution >= 4 is 16.1 Å². The molecule has 8 heteroatoms.